The van der Waals surface area contributed by atoms with Crippen molar-refractivity contribution in [2.45, 2.75) is 50.6 Å². The SMILES string of the molecule is NC(=O)NC(=O)[C@H](NC1CCCCCC1)c1ccccc1. The van der Waals surface area contributed by atoms with Crippen LogP contribution in [0, 0.1) is 0 Å². The number of carbonyl (C=O) groups is 2. The zero-order chi connectivity index (χ0) is 15.1. The van der Waals surface area contributed by atoms with Crippen molar-refractivity contribution in [2.75, 3.05) is 0 Å². The van der Waals surface area contributed by atoms with E-state index in [1.807, 2.05) is 30.3 Å². The fraction of sp³-hybridized carbons (Fsp3) is 0.500. The number of carbonyl (C=O) groups excluding carboxylic acids is 2. The Morgan fingerprint density at radius 1 is 1.05 bits per heavy atom. The zero-order valence-electron chi connectivity index (χ0n) is 12.2. The lowest BCUT2D eigenvalue weighted by Crippen LogP contribution is -2.45. The van der Waals surface area contributed by atoms with Gasteiger partial charge in [-0.1, -0.05) is 56.0 Å². The number of rotatable bonds is 4. The van der Waals surface area contributed by atoms with Crippen molar-refractivity contribution in [3.63, 3.8) is 0 Å². The highest BCUT2D eigenvalue weighted by molar-refractivity contribution is 5.96. The number of primary amides is 1. The van der Waals surface area contributed by atoms with E-state index in [9.17, 15) is 9.59 Å². The van der Waals surface area contributed by atoms with E-state index in [2.05, 4.69) is 10.6 Å². The number of nitrogens with two attached hydrogens (primary N) is 1. The summed E-state index contributed by atoms with van der Waals surface area (Å²) in [4.78, 5) is 23.2. The van der Waals surface area contributed by atoms with Crippen LogP contribution in [0.2, 0.25) is 0 Å². The van der Waals surface area contributed by atoms with Crippen molar-refractivity contribution < 1.29 is 9.59 Å². The molecule has 2 rings (SSSR count). The number of urea groups is 1. The average molecular weight is 289 g/mol. The van der Waals surface area contributed by atoms with Crippen LogP contribution in [-0.2, 0) is 4.79 Å². The Morgan fingerprint density at radius 2 is 1.67 bits per heavy atom. The molecule has 0 heterocycles. The number of hydrogen-bond acceptors (Lipinski definition) is 3. The van der Waals surface area contributed by atoms with E-state index in [4.69, 9.17) is 5.73 Å². The first-order valence-corrected chi connectivity index (χ1v) is 7.58. The first-order chi connectivity index (χ1) is 10.2. The lowest BCUT2D eigenvalue weighted by molar-refractivity contribution is -0.122. The van der Waals surface area contributed by atoms with E-state index in [0.717, 1.165) is 18.4 Å². The largest absolute Gasteiger partial charge is 0.351 e. The van der Waals surface area contributed by atoms with Crippen molar-refractivity contribution in [3.8, 4) is 0 Å². The summed E-state index contributed by atoms with van der Waals surface area (Å²) in [5.41, 5.74) is 5.92. The second-order valence-corrected chi connectivity index (χ2v) is 5.55. The quantitative estimate of drug-likeness (QED) is 0.743. The standard InChI is InChI=1S/C16H23N3O2/c17-16(21)19-15(20)14(12-8-4-3-5-9-12)18-13-10-6-1-2-7-11-13/h3-5,8-9,13-14,18H,1-2,6-7,10-11H2,(H3,17,19,20,21)/t14-/m1/s1. The molecule has 0 bridgehead atoms. The van der Waals surface area contributed by atoms with Gasteiger partial charge in [0.2, 0.25) is 5.91 Å². The predicted octanol–water partition coefficient (Wildman–Crippen LogP) is 2.23. The average Bonchev–Trinajstić information content (AvgIpc) is 2.73. The molecule has 1 saturated carbocycles. The van der Waals surface area contributed by atoms with Gasteiger partial charge in [-0.25, -0.2) is 4.79 Å². The summed E-state index contributed by atoms with van der Waals surface area (Å²) in [5.74, 6) is -0.391. The van der Waals surface area contributed by atoms with Gasteiger partial charge >= 0.3 is 6.03 Å². The van der Waals surface area contributed by atoms with Crippen LogP contribution in [0.15, 0.2) is 30.3 Å². The monoisotopic (exact) mass is 289 g/mol. The molecule has 0 saturated heterocycles. The summed E-state index contributed by atoms with van der Waals surface area (Å²) in [6.45, 7) is 0. The van der Waals surface area contributed by atoms with Crippen molar-refractivity contribution in [1.29, 1.82) is 0 Å². The highest BCUT2D eigenvalue weighted by atomic mass is 16.2. The summed E-state index contributed by atoms with van der Waals surface area (Å²) in [7, 11) is 0. The maximum atomic E-state index is 12.2. The van der Waals surface area contributed by atoms with Crippen LogP contribution in [0.5, 0.6) is 0 Å². The van der Waals surface area contributed by atoms with Gasteiger partial charge in [0.25, 0.3) is 0 Å². The topological polar surface area (TPSA) is 84.2 Å². The predicted molar refractivity (Wildman–Crippen MR) is 81.5 cm³/mol. The molecule has 5 nitrogen and oxygen atoms in total. The van der Waals surface area contributed by atoms with E-state index in [0.29, 0.717) is 6.04 Å². The van der Waals surface area contributed by atoms with Gasteiger partial charge in [-0.15, -0.1) is 0 Å². The van der Waals surface area contributed by atoms with Crippen LogP contribution < -0.4 is 16.4 Å². The van der Waals surface area contributed by atoms with Crippen LogP contribution in [0.25, 0.3) is 0 Å². The molecule has 1 aromatic carbocycles. The van der Waals surface area contributed by atoms with Crippen LogP contribution in [0.3, 0.4) is 0 Å². The highest BCUT2D eigenvalue weighted by Crippen LogP contribution is 2.21. The molecule has 1 fully saturated rings. The zero-order valence-corrected chi connectivity index (χ0v) is 12.2. The molecular weight excluding hydrogens is 266 g/mol. The van der Waals surface area contributed by atoms with E-state index in [-0.39, 0.29) is 0 Å². The third-order valence-corrected chi connectivity index (χ3v) is 3.90. The molecule has 0 unspecified atom stereocenters. The van der Waals surface area contributed by atoms with E-state index in [1.54, 1.807) is 0 Å². The molecule has 114 valence electrons. The van der Waals surface area contributed by atoms with Crippen LogP contribution >= 0.6 is 0 Å². The Bertz CT molecular complexity index is 468. The van der Waals surface area contributed by atoms with Gasteiger partial charge < -0.3 is 5.73 Å². The second-order valence-electron chi connectivity index (χ2n) is 5.55. The van der Waals surface area contributed by atoms with E-state index < -0.39 is 18.0 Å². The normalized spacial score (nSPS) is 17.7. The van der Waals surface area contributed by atoms with Gasteiger partial charge in [0.1, 0.15) is 6.04 Å². The molecule has 5 heteroatoms. The van der Waals surface area contributed by atoms with Crippen LogP contribution in [0.4, 0.5) is 4.79 Å². The molecule has 0 aromatic heterocycles. The molecule has 1 atom stereocenters. The molecule has 1 aliphatic rings. The van der Waals surface area contributed by atoms with E-state index >= 15 is 0 Å². The molecule has 4 N–H and O–H groups in total. The first-order valence-electron chi connectivity index (χ1n) is 7.58. The minimum atomic E-state index is -0.816. The van der Waals surface area contributed by atoms with Crippen molar-refractivity contribution in [2.24, 2.45) is 5.73 Å². The fourth-order valence-corrected chi connectivity index (χ4v) is 2.84. The highest BCUT2D eigenvalue weighted by Gasteiger charge is 2.25. The third kappa shape index (κ3) is 4.86. The number of benzene rings is 1. The molecule has 1 aliphatic carbocycles. The lowest BCUT2D eigenvalue weighted by atomic mass is 10.0. The third-order valence-electron chi connectivity index (χ3n) is 3.90. The van der Waals surface area contributed by atoms with Crippen molar-refractivity contribution in [3.05, 3.63) is 35.9 Å². The lowest BCUT2D eigenvalue weighted by Gasteiger charge is -2.24. The van der Waals surface area contributed by atoms with E-state index in [1.165, 1.54) is 25.7 Å². The summed E-state index contributed by atoms with van der Waals surface area (Å²) < 4.78 is 0. The summed E-state index contributed by atoms with van der Waals surface area (Å²) >= 11 is 0. The van der Waals surface area contributed by atoms with Gasteiger partial charge in [0.05, 0.1) is 0 Å². The molecule has 1 aromatic rings. The Balaban J connectivity index is 2.11. The summed E-state index contributed by atoms with van der Waals surface area (Å²) in [6.07, 6.45) is 6.98. The van der Waals surface area contributed by atoms with Gasteiger partial charge in [0.15, 0.2) is 0 Å². The Hall–Kier alpha value is -1.88. The van der Waals surface area contributed by atoms with Gasteiger partial charge in [0, 0.05) is 6.04 Å². The van der Waals surface area contributed by atoms with Crippen molar-refractivity contribution >= 4 is 11.9 Å². The summed E-state index contributed by atoms with van der Waals surface area (Å²) in [5, 5.41) is 5.58. The minimum Gasteiger partial charge on any atom is -0.351 e. The Morgan fingerprint density at radius 3 is 2.24 bits per heavy atom. The molecule has 0 aliphatic heterocycles. The van der Waals surface area contributed by atoms with Gasteiger partial charge in [-0.2, -0.15) is 0 Å². The van der Waals surface area contributed by atoms with Gasteiger partial charge in [-0.3, -0.25) is 15.4 Å². The molecule has 3 amide bonds. The first kappa shape index (κ1) is 15.5. The summed E-state index contributed by atoms with van der Waals surface area (Å²) in [6, 6.07) is 8.38. The minimum absolute atomic E-state index is 0.302. The van der Waals surface area contributed by atoms with Gasteiger partial charge in [-0.05, 0) is 18.4 Å². The number of nitrogens with one attached hydrogen (secondary N) is 2. The molecular formula is C16H23N3O2. The number of imide groups is 1. The maximum Gasteiger partial charge on any atom is 0.318 e. The molecule has 0 radical (unpaired) electrons. The molecule has 21 heavy (non-hydrogen) atoms. The van der Waals surface area contributed by atoms with Crippen LogP contribution in [0.1, 0.15) is 50.1 Å². The number of hydrogen-bond donors (Lipinski definition) is 3. The second kappa shape index (κ2) is 7.78. The maximum absolute atomic E-state index is 12.2. The Labute approximate surface area is 125 Å². The molecule has 0 spiro atoms. The fourth-order valence-electron chi connectivity index (χ4n) is 2.84. The Kier molecular flexibility index (Phi) is 5.75. The smallest absolute Gasteiger partial charge is 0.318 e. The number of amides is 3. The van der Waals surface area contributed by atoms with Crippen LogP contribution in [-0.4, -0.2) is 18.0 Å². The van der Waals surface area contributed by atoms with Crippen molar-refractivity contribution in [1.82, 2.24) is 10.6 Å².